The zero-order valence-corrected chi connectivity index (χ0v) is 12.6. The fraction of sp³-hybridized carbons (Fsp3) is 0.0769. The summed E-state index contributed by atoms with van der Waals surface area (Å²) in [5.74, 6) is 0.489. The Bertz CT molecular complexity index is 738. The number of halogens is 1. The number of ketones is 1. The smallest absolute Gasteiger partial charge is 0.204 e. The largest absolute Gasteiger partial charge is 0.291 e. The van der Waals surface area contributed by atoms with E-state index in [0.29, 0.717) is 10.7 Å². The molecule has 2 aromatic heterocycles. The van der Waals surface area contributed by atoms with Gasteiger partial charge < -0.3 is 0 Å². The highest BCUT2D eigenvalue weighted by Gasteiger charge is 2.12. The van der Waals surface area contributed by atoms with Crippen LogP contribution in [0.4, 0.5) is 0 Å². The molecule has 0 bridgehead atoms. The molecule has 0 atom stereocenters. The van der Waals surface area contributed by atoms with Gasteiger partial charge in [-0.15, -0.1) is 21.5 Å². The number of benzene rings is 1. The number of tetrazole rings is 1. The van der Waals surface area contributed by atoms with Crippen LogP contribution in [0.15, 0.2) is 46.3 Å². The molecule has 0 radical (unpaired) electrons. The van der Waals surface area contributed by atoms with E-state index in [1.54, 1.807) is 6.07 Å². The van der Waals surface area contributed by atoms with Crippen LogP contribution in [-0.2, 0) is 6.54 Å². The summed E-state index contributed by atoms with van der Waals surface area (Å²) in [6.07, 6.45) is 0. The summed E-state index contributed by atoms with van der Waals surface area (Å²) < 4.78 is 0.928. The highest BCUT2D eigenvalue weighted by Crippen LogP contribution is 2.22. The van der Waals surface area contributed by atoms with Crippen LogP contribution in [0.3, 0.4) is 0 Å². The van der Waals surface area contributed by atoms with Crippen LogP contribution < -0.4 is 0 Å². The number of rotatable bonds is 4. The Balaban J connectivity index is 1.76. The van der Waals surface area contributed by atoms with E-state index in [4.69, 9.17) is 0 Å². The van der Waals surface area contributed by atoms with Crippen LogP contribution in [0.25, 0.3) is 11.4 Å². The van der Waals surface area contributed by atoms with E-state index >= 15 is 0 Å². The normalized spacial score (nSPS) is 10.7. The van der Waals surface area contributed by atoms with Crippen molar-refractivity contribution in [2.24, 2.45) is 0 Å². The fourth-order valence-corrected chi connectivity index (χ4v) is 3.00. The average molecular weight is 349 g/mol. The lowest BCUT2D eigenvalue weighted by atomic mass is 10.2. The second-order valence-corrected chi connectivity index (χ2v) is 6.50. The van der Waals surface area contributed by atoms with Gasteiger partial charge in [-0.3, -0.25) is 4.79 Å². The Hall–Kier alpha value is -1.86. The van der Waals surface area contributed by atoms with E-state index in [1.165, 1.54) is 16.1 Å². The van der Waals surface area contributed by atoms with Gasteiger partial charge in [0.15, 0.2) is 5.78 Å². The predicted molar refractivity (Wildman–Crippen MR) is 79.6 cm³/mol. The molecule has 7 heteroatoms. The van der Waals surface area contributed by atoms with Crippen LogP contribution in [0.2, 0.25) is 0 Å². The van der Waals surface area contributed by atoms with Gasteiger partial charge in [-0.2, -0.15) is 4.80 Å². The Morgan fingerprint density at radius 3 is 2.70 bits per heavy atom. The summed E-state index contributed by atoms with van der Waals surface area (Å²) in [6.45, 7) is 0.0901. The van der Waals surface area contributed by atoms with Crippen molar-refractivity contribution in [2.45, 2.75) is 6.54 Å². The maximum Gasteiger partial charge on any atom is 0.204 e. The minimum absolute atomic E-state index is 0.0299. The summed E-state index contributed by atoms with van der Waals surface area (Å²) in [5.41, 5.74) is 0.880. The first kappa shape index (κ1) is 13.1. The highest BCUT2D eigenvalue weighted by atomic mass is 79.9. The molecule has 0 fully saturated rings. The Morgan fingerprint density at radius 2 is 2.00 bits per heavy atom. The van der Waals surface area contributed by atoms with Gasteiger partial charge in [0.25, 0.3) is 0 Å². The molecule has 0 aliphatic carbocycles. The molecule has 3 rings (SSSR count). The van der Waals surface area contributed by atoms with Crippen LogP contribution in [0, 0.1) is 0 Å². The minimum atomic E-state index is -0.0299. The Morgan fingerprint density at radius 1 is 1.20 bits per heavy atom. The molecule has 0 saturated heterocycles. The van der Waals surface area contributed by atoms with Crippen molar-refractivity contribution in [1.82, 2.24) is 20.2 Å². The molecule has 0 N–H and O–H groups in total. The van der Waals surface area contributed by atoms with E-state index < -0.39 is 0 Å². The zero-order valence-electron chi connectivity index (χ0n) is 10.2. The maximum absolute atomic E-state index is 12.0. The number of Topliss-reactive ketones (excluding diaryl/α,β-unsaturated/α-hetero) is 1. The average Bonchev–Trinajstić information content (AvgIpc) is 3.09. The van der Waals surface area contributed by atoms with Crippen LogP contribution in [0.1, 0.15) is 9.67 Å². The summed E-state index contributed by atoms with van der Waals surface area (Å²) in [6, 6.07) is 13.2. The van der Waals surface area contributed by atoms with Crippen molar-refractivity contribution in [1.29, 1.82) is 0 Å². The van der Waals surface area contributed by atoms with Crippen molar-refractivity contribution in [3.05, 3.63) is 51.1 Å². The van der Waals surface area contributed by atoms with E-state index in [-0.39, 0.29) is 12.3 Å². The number of hydrogen-bond donors (Lipinski definition) is 0. The van der Waals surface area contributed by atoms with E-state index in [1.807, 2.05) is 36.4 Å². The molecule has 0 aliphatic rings. The second kappa shape index (κ2) is 5.64. The van der Waals surface area contributed by atoms with E-state index in [9.17, 15) is 4.79 Å². The topological polar surface area (TPSA) is 60.7 Å². The third-order valence-electron chi connectivity index (χ3n) is 2.62. The quantitative estimate of drug-likeness (QED) is 0.680. The SMILES string of the molecule is O=C(Cn1nnc(-c2ccccc2)n1)c1ccc(Br)s1. The molecular formula is C13H9BrN4OS. The first-order valence-electron chi connectivity index (χ1n) is 5.84. The number of hydrogen-bond acceptors (Lipinski definition) is 5. The van der Waals surface area contributed by atoms with Crippen molar-refractivity contribution in [3.8, 4) is 11.4 Å². The van der Waals surface area contributed by atoms with Crippen molar-refractivity contribution < 1.29 is 4.79 Å². The molecule has 0 aliphatic heterocycles. The van der Waals surface area contributed by atoms with Gasteiger partial charge in [-0.05, 0) is 33.3 Å². The van der Waals surface area contributed by atoms with Crippen LogP contribution >= 0.6 is 27.3 Å². The van der Waals surface area contributed by atoms with Gasteiger partial charge in [0.2, 0.25) is 5.82 Å². The van der Waals surface area contributed by atoms with Gasteiger partial charge in [-0.25, -0.2) is 0 Å². The molecule has 0 unspecified atom stereocenters. The van der Waals surface area contributed by atoms with Gasteiger partial charge in [-0.1, -0.05) is 30.3 Å². The van der Waals surface area contributed by atoms with E-state index in [0.717, 1.165) is 9.35 Å². The van der Waals surface area contributed by atoms with E-state index in [2.05, 4.69) is 31.3 Å². The molecule has 1 aromatic carbocycles. The monoisotopic (exact) mass is 348 g/mol. The first-order chi connectivity index (χ1) is 9.72. The van der Waals surface area contributed by atoms with Crippen molar-refractivity contribution >= 4 is 33.0 Å². The second-order valence-electron chi connectivity index (χ2n) is 4.04. The maximum atomic E-state index is 12.0. The van der Waals surface area contributed by atoms with Gasteiger partial charge in [0, 0.05) is 5.56 Å². The third-order valence-corrected chi connectivity index (χ3v) is 4.28. The van der Waals surface area contributed by atoms with Crippen LogP contribution in [0.5, 0.6) is 0 Å². The number of aromatic nitrogens is 4. The molecule has 100 valence electrons. The number of nitrogens with zero attached hydrogens (tertiary/aromatic N) is 4. The Kier molecular flexibility index (Phi) is 3.70. The molecule has 3 aromatic rings. The molecule has 0 saturated carbocycles. The molecular weight excluding hydrogens is 340 g/mol. The summed E-state index contributed by atoms with van der Waals surface area (Å²) in [7, 11) is 0. The zero-order chi connectivity index (χ0) is 13.9. The molecule has 2 heterocycles. The minimum Gasteiger partial charge on any atom is -0.291 e. The Labute approximate surface area is 127 Å². The predicted octanol–water partition coefficient (Wildman–Crippen LogP) is 3.05. The number of thiophene rings is 1. The standard InChI is InChI=1S/C13H9BrN4OS/c14-12-7-6-11(20-12)10(19)8-18-16-13(15-17-18)9-4-2-1-3-5-9/h1-7H,8H2. The molecule has 0 spiro atoms. The summed E-state index contributed by atoms with van der Waals surface area (Å²) in [5, 5.41) is 12.1. The third kappa shape index (κ3) is 2.83. The molecule has 0 amide bonds. The van der Waals surface area contributed by atoms with Crippen LogP contribution in [-0.4, -0.2) is 26.0 Å². The number of carbonyl (C=O) groups is 1. The summed E-state index contributed by atoms with van der Waals surface area (Å²) >= 11 is 4.73. The molecule has 20 heavy (non-hydrogen) atoms. The lowest BCUT2D eigenvalue weighted by Crippen LogP contribution is -2.12. The van der Waals surface area contributed by atoms with Crippen molar-refractivity contribution in [2.75, 3.05) is 0 Å². The van der Waals surface area contributed by atoms with Gasteiger partial charge in [0.1, 0.15) is 6.54 Å². The summed E-state index contributed by atoms with van der Waals surface area (Å²) in [4.78, 5) is 14.0. The van der Waals surface area contributed by atoms with Gasteiger partial charge in [0.05, 0.1) is 8.66 Å². The highest BCUT2D eigenvalue weighted by molar-refractivity contribution is 9.11. The molecule has 5 nitrogen and oxygen atoms in total. The van der Waals surface area contributed by atoms with Gasteiger partial charge >= 0.3 is 0 Å². The first-order valence-corrected chi connectivity index (χ1v) is 7.45. The van der Waals surface area contributed by atoms with Crippen molar-refractivity contribution in [3.63, 3.8) is 0 Å². The number of carbonyl (C=O) groups excluding carboxylic acids is 1. The fourth-order valence-electron chi connectivity index (χ4n) is 1.68. The lowest BCUT2D eigenvalue weighted by Gasteiger charge is -1.95. The lowest BCUT2D eigenvalue weighted by molar-refractivity contribution is 0.0965.